The molecule has 0 amide bonds. The molecule has 0 aromatic carbocycles. The maximum absolute atomic E-state index is 10.1. The normalized spacial score (nSPS) is 13.5. The quantitative estimate of drug-likeness (QED) is 0.433. The molecule has 0 aliphatic carbocycles. The monoisotopic (exact) mass is 174 g/mol. The molecule has 1 aliphatic heterocycles. The number of hydrogen-bond acceptors (Lipinski definition) is 7. The van der Waals surface area contributed by atoms with Gasteiger partial charge < -0.3 is 4.84 Å². The molecular formula is C3H2N4O5. The third-order valence-electron chi connectivity index (χ3n) is 0.948. The number of rotatable bonds is 2. The fourth-order valence-electron chi connectivity index (χ4n) is 0.531. The average molecular weight is 174 g/mol. The van der Waals surface area contributed by atoms with Crippen molar-refractivity contribution in [2.75, 3.05) is 0 Å². The van der Waals surface area contributed by atoms with Gasteiger partial charge in [-0.1, -0.05) is 0 Å². The van der Waals surface area contributed by atoms with E-state index in [0.29, 0.717) is 0 Å². The fourth-order valence-corrected chi connectivity index (χ4v) is 0.531. The summed E-state index contributed by atoms with van der Waals surface area (Å²) in [5.74, 6) is -1.77. The standard InChI is InChI=1S/C3H2N4O5/c8-6(9)3(7(10)11)2-4-1-12-5-2/h1,5H. The molecule has 64 valence electrons. The molecule has 0 spiro atoms. The second-order valence-corrected chi connectivity index (χ2v) is 1.64. The Hall–Kier alpha value is -2.19. The minimum Gasteiger partial charge on any atom is -0.368 e. The third kappa shape index (κ3) is 1.28. The van der Waals surface area contributed by atoms with Crippen molar-refractivity contribution in [2.45, 2.75) is 0 Å². The van der Waals surface area contributed by atoms with Crippen LogP contribution in [0.15, 0.2) is 16.6 Å². The first-order valence-electron chi connectivity index (χ1n) is 2.60. The lowest BCUT2D eigenvalue weighted by atomic mass is 10.7. The molecule has 0 aromatic heterocycles. The molecule has 1 rings (SSSR count). The first-order valence-corrected chi connectivity index (χ1v) is 2.60. The lowest BCUT2D eigenvalue weighted by molar-refractivity contribution is -0.617. The highest BCUT2D eigenvalue weighted by Crippen LogP contribution is 2.07. The van der Waals surface area contributed by atoms with E-state index in [-0.39, 0.29) is 0 Å². The Morgan fingerprint density at radius 2 is 2.08 bits per heavy atom. The van der Waals surface area contributed by atoms with E-state index in [1.54, 1.807) is 0 Å². The first-order chi connectivity index (χ1) is 5.63. The Morgan fingerprint density at radius 3 is 2.42 bits per heavy atom. The molecule has 0 saturated heterocycles. The van der Waals surface area contributed by atoms with Crippen LogP contribution in [0.2, 0.25) is 0 Å². The first kappa shape index (κ1) is 7.91. The van der Waals surface area contributed by atoms with Gasteiger partial charge in [0.15, 0.2) is 0 Å². The van der Waals surface area contributed by atoms with Crippen LogP contribution in [-0.4, -0.2) is 16.2 Å². The highest BCUT2D eigenvalue weighted by Gasteiger charge is 2.34. The summed E-state index contributed by atoms with van der Waals surface area (Å²) in [7, 11) is 0. The van der Waals surface area contributed by atoms with E-state index in [0.717, 1.165) is 6.40 Å². The van der Waals surface area contributed by atoms with E-state index in [4.69, 9.17) is 0 Å². The minimum absolute atomic E-state index is 0.523. The third-order valence-corrected chi connectivity index (χ3v) is 0.948. The average Bonchev–Trinajstić information content (AvgIpc) is 2.37. The fraction of sp³-hybridized carbons (Fsp3) is 0. The molecule has 1 aliphatic rings. The van der Waals surface area contributed by atoms with Crippen molar-refractivity contribution in [1.29, 1.82) is 0 Å². The van der Waals surface area contributed by atoms with Crippen LogP contribution in [0, 0.1) is 20.2 Å². The van der Waals surface area contributed by atoms with Crippen LogP contribution in [0.4, 0.5) is 0 Å². The van der Waals surface area contributed by atoms with E-state index in [1.807, 2.05) is 5.48 Å². The summed E-state index contributed by atoms with van der Waals surface area (Å²) in [6.45, 7) is 0. The van der Waals surface area contributed by atoms with E-state index in [1.165, 1.54) is 0 Å². The van der Waals surface area contributed by atoms with Crippen LogP contribution in [-0.2, 0) is 4.84 Å². The van der Waals surface area contributed by atoms with Gasteiger partial charge in [0, 0.05) is 0 Å². The Kier molecular flexibility index (Phi) is 1.86. The SMILES string of the molecule is O=[N+]([O-])C(=C1N=CON1)[N+](=O)[O-]. The molecule has 1 N–H and O–H groups in total. The van der Waals surface area contributed by atoms with Gasteiger partial charge >= 0.3 is 11.6 Å². The number of hydrogen-bond donors (Lipinski definition) is 1. The highest BCUT2D eigenvalue weighted by molar-refractivity contribution is 5.50. The molecule has 1 heterocycles. The summed E-state index contributed by atoms with van der Waals surface area (Å²) in [5.41, 5.74) is 1.89. The maximum atomic E-state index is 10.1. The smallest absolute Gasteiger partial charge is 0.368 e. The molecule has 0 fully saturated rings. The summed E-state index contributed by atoms with van der Waals surface area (Å²) in [4.78, 5) is 25.3. The summed E-state index contributed by atoms with van der Waals surface area (Å²) in [6, 6.07) is 0. The summed E-state index contributed by atoms with van der Waals surface area (Å²) >= 11 is 0. The Balaban J connectivity index is 3.06. The summed E-state index contributed by atoms with van der Waals surface area (Å²) in [5, 5.41) is 20.1. The van der Waals surface area contributed by atoms with Crippen molar-refractivity contribution in [3.8, 4) is 0 Å². The molecule has 9 nitrogen and oxygen atoms in total. The van der Waals surface area contributed by atoms with Crippen molar-refractivity contribution in [1.82, 2.24) is 5.48 Å². The van der Waals surface area contributed by atoms with E-state index in [9.17, 15) is 20.2 Å². The summed E-state index contributed by atoms with van der Waals surface area (Å²) < 4.78 is 0. The van der Waals surface area contributed by atoms with Crippen LogP contribution >= 0.6 is 0 Å². The van der Waals surface area contributed by atoms with Crippen molar-refractivity contribution >= 4 is 6.40 Å². The molecule has 9 heteroatoms. The topological polar surface area (TPSA) is 120 Å². The van der Waals surface area contributed by atoms with Gasteiger partial charge in [-0.3, -0.25) is 20.2 Å². The molecule has 0 radical (unpaired) electrons. The van der Waals surface area contributed by atoms with Crippen LogP contribution < -0.4 is 5.48 Å². The molecule has 12 heavy (non-hydrogen) atoms. The van der Waals surface area contributed by atoms with Gasteiger partial charge in [0.2, 0.25) is 6.40 Å². The van der Waals surface area contributed by atoms with E-state index < -0.39 is 21.5 Å². The summed E-state index contributed by atoms with van der Waals surface area (Å²) in [6.07, 6.45) is 0.822. The van der Waals surface area contributed by atoms with Gasteiger partial charge in [-0.05, 0) is 0 Å². The van der Waals surface area contributed by atoms with Crippen LogP contribution in [0.5, 0.6) is 0 Å². The van der Waals surface area contributed by atoms with Crippen molar-refractivity contribution in [3.05, 3.63) is 31.9 Å². The second-order valence-electron chi connectivity index (χ2n) is 1.64. The Bertz CT molecular complexity index is 277. The van der Waals surface area contributed by atoms with Crippen molar-refractivity contribution in [2.24, 2.45) is 4.99 Å². The van der Waals surface area contributed by atoms with Crippen LogP contribution in [0.3, 0.4) is 0 Å². The number of aliphatic imine (C=N–C) groups is 1. The number of nitrogens with one attached hydrogen (secondary N) is 1. The zero-order valence-electron chi connectivity index (χ0n) is 5.46. The van der Waals surface area contributed by atoms with Crippen LogP contribution in [0.1, 0.15) is 0 Å². The van der Waals surface area contributed by atoms with Gasteiger partial charge in [0.1, 0.15) is 9.85 Å². The van der Waals surface area contributed by atoms with Gasteiger partial charge in [0.25, 0.3) is 0 Å². The van der Waals surface area contributed by atoms with Gasteiger partial charge in [-0.15, -0.1) is 0 Å². The van der Waals surface area contributed by atoms with Gasteiger partial charge in [0.05, 0.1) is 0 Å². The number of hydroxylamine groups is 1. The molecule has 0 aromatic rings. The van der Waals surface area contributed by atoms with Gasteiger partial charge in [-0.2, -0.15) is 10.5 Å². The highest BCUT2D eigenvalue weighted by atomic mass is 16.7. The predicted molar refractivity (Wildman–Crippen MR) is 33.7 cm³/mol. The lowest BCUT2D eigenvalue weighted by Crippen LogP contribution is -2.17. The second kappa shape index (κ2) is 2.82. The van der Waals surface area contributed by atoms with E-state index >= 15 is 0 Å². The minimum atomic E-state index is -1.25. The Morgan fingerprint density at radius 1 is 1.50 bits per heavy atom. The largest absolute Gasteiger partial charge is 0.604 e. The molecule has 0 bridgehead atoms. The predicted octanol–water partition coefficient (Wildman–Crippen LogP) is -0.770. The van der Waals surface area contributed by atoms with E-state index in [2.05, 4.69) is 9.83 Å². The lowest BCUT2D eigenvalue weighted by Gasteiger charge is -1.91. The number of nitrogens with zero attached hydrogens (tertiary/aromatic N) is 3. The van der Waals surface area contributed by atoms with Gasteiger partial charge in [-0.25, -0.2) is 0 Å². The Labute approximate surface area is 64.6 Å². The molecule has 0 unspecified atom stereocenters. The van der Waals surface area contributed by atoms with Crippen molar-refractivity contribution < 1.29 is 14.7 Å². The number of nitro groups is 2. The zero-order chi connectivity index (χ0) is 9.14. The van der Waals surface area contributed by atoms with Crippen LogP contribution in [0.25, 0.3) is 0 Å². The molecule has 0 saturated carbocycles. The molecular weight excluding hydrogens is 172 g/mol. The molecule has 0 atom stereocenters. The zero-order valence-corrected chi connectivity index (χ0v) is 5.46. The maximum Gasteiger partial charge on any atom is 0.604 e. The van der Waals surface area contributed by atoms with Crippen molar-refractivity contribution in [3.63, 3.8) is 0 Å².